The van der Waals surface area contributed by atoms with Crippen molar-refractivity contribution in [3.05, 3.63) is 22.6 Å². The number of hydrogen-bond donors (Lipinski definition) is 1. The number of aromatic nitrogens is 1. The van der Waals surface area contributed by atoms with Gasteiger partial charge in [0.25, 0.3) is 5.56 Å². The monoisotopic (exact) mass is 304 g/mol. The van der Waals surface area contributed by atoms with Gasteiger partial charge in [0.1, 0.15) is 0 Å². The molecule has 0 aliphatic carbocycles. The quantitative estimate of drug-likeness (QED) is 0.859. The van der Waals surface area contributed by atoms with Crippen molar-refractivity contribution in [3.63, 3.8) is 0 Å². The molecule has 1 aromatic rings. The van der Waals surface area contributed by atoms with Gasteiger partial charge >= 0.3 is 0 Å². The van der Waals surface area contributed by atoms with Crippen LogP contribution in [0.5, 0.6) is 0 Å². The van der Waals surface area contributed by atoms with Gasteiger partial charge in [0.05, 0.1) is 0 Å². The Morgan fingerprint density at radius 1 is 1.37 bits per heavy atom. The third-order valence-corrected chi connectivity index (χ3v) is 5.08. The normalized spacial score (nSPS) is 12.7. The highest BCUT2D eigenvalue weighted by Gasteiger charge is 2.28. The fourth-order valence-electron chi connectivity index (χ4n) is 1.65. The number of sulfonamides is 1. The standard InChI is InChI=1S/C12H20N2O3S2/c1-6-14-8-7-9(18-5)10(11(14)15)19(16,17)13-12(2,3)4/h7-8,13H,6H2,1-5H3. The molecule has 1 heterocycles. The van der Waals surface area contributed by atoms with Gasteiger partial charge in [-0.15, -0.1) is 11.8 Å². The Morgan fingerprint density at radius 2 is 1.95 bits per heavy atom. The molecule has 1 N–H and O–H groups in total. The van der Waals surface area contributed by atoms with Gasteiger partial charge in [0.2, 0.25) is 10.0 Å². The van der Waals surface area contributed by atoms with Crippen LogP contribution in [-0.2, 0) is 16.6 Å². The lowest BCUT2D eigenvalue weighted by molar-refractivity contribution is 0.488. The summed E-state index contributed by atoms with van der Waals surface area (Å²) in [4.78, 5) is 12.5. The SMILES string of the molecule is CCn1ccc(SC)c(S(=O)(=O)NC(C)(C)C)c1=O. The molecule has 0 amide bonds. The maximum Gasteiger partial charge on any atom is 0.271 e. The number of pyridine rings is 1. The van der Waals surface area contributed by atoms with Crippen LogP contribution >= 0.6 is 11.8 Å². The van der Waals surface area contributed by atoms with Crippen molar-refractivity contribution >= 4 is 21.8 Å². The van der Waals surface area contributed by atoms with E-state index in [1.54, 1.807) is 46.2 Å². The Kier molecular flexibility index (Phi) is 4.86. The first kappa shape index (κ1) is 16.3. The van der Waals surface area contributed by atoms with Crippen LogP contribution in [0.25, 0.3) is 0 Å². The van der Waals surface area contributed by atoms with Crippen LogP contribution in [0.3, 0.4) is 0 Å². The minimum absolute atomic E-state index is 0.167. The third-order valence-electron chi connectivity index (χ3n) is 2.35. The lowest BCUT2D eigenvalue weighted by Gasteiger charge is -2.21. The topological polar surface area (TPSA) is 68.2 Å². The fraction of sp³-hybridized carbons (Fsp3) is 0.583. The maximum atomic E-state index is 12.4. The zero-order chi connectivity index (χ0) is 14.8. The van der Waals surface area contributed by atoms with Crippen LogP contribution in [0.4, 0.5) is 0 Å². The van der Waals surface area contributed by atoms with Crippen molar-refractivity contribution in [2.75, 3.05) is 6.26 Å². The Bertz CT molecular complexity index is 613. The number of thioether (sulfide) groups is 1. The van der Waals surface area contributed by atoms with Crippen molar-refractivity contribution in [1.82, 2.24) is 9.29 Å². The lowest BCUT2D eigenvalue weighted by Crippen LogP contribution is -2.43. The molecule has 108 valence electrons. The largest absolute Gasteiger partial charge is 0.315 e. The van der Waals surface area contributed by atoms with E-state index in [0.29, 0.717) is 11.4 Å². The average molecular weight is 304 g/mol. The second kappa shape index (κ2) is 5.68. The van der Waals surface area contributed by atoms with Crippen molar-refractivity contribution in [2.45, 2.75) is 49.6 Å². The van der Waals surface area contributed by atoms with Gasteiger partial charge in [-0.05, 0) is 40.0 Å². The first-order chi connectivity index (χ1) is 8.62. The number of nitrogens with zero attached hydrogens (tertiary/aromatic N) is 1. The smallest absolute Gasteiger partial charge is 0.271 e. The first-order valence-electron chi connectivity index (χ1n) is 5.94. The van der Waals surface area contributed by atoms with Crippen molar-refractivity contribution in [3.8, 4) is 0 Å². The van der Waals surface area contributed by atoms with Gasteiger partial charge in [-0.25, -0.2) is 13.1 Å². The molecule has 0 aromatic carbocycles. The van der Waals surface area contributed by atoms with Gasteiger partial charge in [-0.3, -0.25) is 4.79 Å². The van der Waals surface area contributed by atoms with Crippen molar-refractivity contribution in [2.24, 2.45) is 0 Å². The van der Waals surface area contributed by atoms with Crippen LogP contribution in [0, 0.1) is 0 Å². The minimum Gasteiger partial charge on any atom is -0.315 e. The van der Waals surface area contributed by atoms with Crippen molar-refractivity contribution < 1.29 is 8.42 Å². The van der Waals surface area contributed by atoms with E-state index in [9.17, 15) is 13.2 Å². The minimum atomic E-state index is -3.83. The summed E-state index contributed by atoms with van der Waals surface area (Å²) in [6.07, 6.45) is 3.37. The second-order valence-electron chi connectivity index (χ2n) is 5.16. The number of hydrogen-bond acceptors (Lipinski definition) is 4. The highest BCUT2D eigenvalue weighted by molar-refractivity contribution is 7.99. The van der Waals surface area contributed by atoms with E-state index >= 15 is 0 Å². The molecule has 0 aliphatic heterocycles. The molecule has 0 saturated carbocycles. The average Bonchev–Trinajstić information content (AvgIpc) is 2.24. The summed E-state index contributed by atoms with van der Waals surface area (Å²) in [5.41, 5.74) is -1.11. The summed E-state index contributed by atoms with van der Waals surface area (Å²) >= 11 is 1.25. The molecule has 7 heteroatoms. The molecule has 0 atom stereocenters. The zero-order valence-electron chi connectivity index (χ0n) is 11.9. The highest BCUT2D eigenvalue weighted by atomic mass is 32.2. The molecule has 0 spiro atoms. The second-order valence-corrected chi connectivity index (χ2v) is 7.63. The maximum absolute atomic E-state index is 12.4. The van der Waals surface area contributed by atoms with Gasteiger partial charge in [0.15, 0.2) is 4.90 Å². The Hall–Kier alpha value is -0.790. The fourth-order valence-corrected chi connectivity index (χ4v) is 4.29. The van der Waals surface area contributed by atoms with Crippen LogP contribution < -0.4 is 10.3 Å². The molecule has 1 aromatic heterocycles. The molecule has 0 aliphatic rings. The van der Waals surface area contributed by atoms with E-state index in [0.717, 1.165) is 0 Å². The molecular formula is C12H20N2O3S2. The molecule has 1 rings (SSSR count). The first-order valence-corrected chi connectivity index (χ1v) is 8.64. The summed E-state index contributed by atoms with van der Waals surface area (Å²) in [6, 6.07) is 1.66. The van der Waals surface area contributed by atoms with Crippen LogP contribution in [0.1, 0.15) is 27.7 Å². The molecule has 0 unspecified atom stereocenters. The number of nitrogens with one attached hydrogen (secondary N) is 1. The number of aryl methyl sites for hydroxylation is 1. The Morgan fingerprint density at radius 3 is 2.37 bits per heavy atom. The van der Waals surface area contributed by atoms with Crippen molar-refractivity contribution in [1.29, 1.82) is 0 Å². The zero-order valence-corrected chi connectivity index (χ0v) is 13.5. The van der Waals surface area contributed by atoms with E-state index in [-0.39, 0.29) is 4.90 Å². The lowest BCUT2D eigenvalue weighted by atomic mass is 10.1. The molecule has 5 nitrogen and oxygen atoms in total. The van der Waals surface area contributed by atoms with Crippen LogP contribution in [0.15, 0.2) is 26.8 Å². The van der Waals surface area contributed by atoms with Gasteiger partial charge in [0, 0.05) is 23.2 Å². The summed E-state index contributed by atoms with van der Waals surface area (Å²) in [7, 11) is -3.83. The predicted octanol–water partition coefficient (Wildman–Crippen LogP) is 1.67. The Balaban J connectivity index is 3.53. The van der Waals surface area contributed by atoms with Gasteiger partial charge in [-0.2, -0.15) is 0 Å². The van der Waals surface area contributed by atoms with E-state index in [2.05, 4.69) is 4.72 Å². The number of rotatable bonds is 4. The van der Waals surface area contributed by atoms with Gasteiger partial charge in [-0.1, -0.05) is 0 Å². The Labute approximate surface area is 118 Å². The molecule has 0 bridgehead atoms. The summed E-state index contributed by atoms with van der Waals surface area (Å²) in [5.74, 6) is 0. The molecule has 0 radical (unpaired) electrons. The van der Waals surface area contributed by atoms with E-state index in [1.807, 2.05) is 0 Å². The molecule has 19 heavy (non-hydrogen) atoms. The van der Waals surface area contributed by atoms with Crippen LogP contribution in [-0.4, -0.2) is 24.8 Å². The van der Waals surface area contributed by atoms with Gasteiger partial charge < -0.3 is 4.57 Å². The molecular weight excluding hydrogens is 284 g/mol. The molecule has 0 fully saturated rings. The van der Waals surface area contributed by atoms with E-state index in [1.165, 1.54) is 16.3 Å². The summed E-state index contributed by atoms with van der Waals surface area (Å²) in [6.45, 7) is 7.46. The van der Waals surface area contributed by atoms with E-state index in [4.69, 9.17) is 0 Å². The van der Waals surface area contributed by atoms with E-state index < -0.39 is 21.1 Å². The predicted molar refractivity (Wildman–Crippen MR) is 78.2 cm³/mol. The third kappa shape index (κ3) is 3.84. The van der Waals surface area contributed by atoms with Crippen LogP contribution in [0.2, 0.25) is 0 Å². The summed E-state index contributed by atoms with van der Waals surface area (Å²) < 4.78 is 28.7. The molecule has 0 saturated heterocycles. The highest BCUT2D eigenvalue weighted by Crippen LogP contribution is 2.22. The summed E-state index contributed by atoms with van der Waals surface area (Å²) in [5, 5.41) is 0.